The minimum absolute atomic E-state index is 0.0541. The summed E-state index contributed by atoms with van der Waals surface area (Å²) < 4.78 is 31.0. The summed E-state index contributed by atoms with van der Waals surface area (Å²) in [6.45, 7) is 0.275. The zero-order chi connectivity index (χ0) is 17.1. The minimum Gasteiger partial charge on any atom is -0.444 e. The van der Waals surface area contributed by atoms with Crippen LogP contribution in [0.3, 0.4) is 0 Å². The molecule has 2 saturated heterocycles. The van der Waals surface area contributed by atoms with Crippen LogP contribution in [-0.4, -0.2) is 41.0 Å². The van der Waals surface area contributed by atoms with E-state index in [4.69, 9.17) is 10.3 Å². The Morgan fingerprint density at radius 2 is 2.17 bits per heavy atom. The van der Waals surface area contributed by atoms with Crippen molar-refractivity contribution in [3.8, 4) is 0 Å². The Balaban J connectivity index is 1.74. The number of hydrogen-bond acceptors (Lipinski definition) is 4. The van der Waals surface area contributed by atoms with E-state index in [1.807, 2.05) is 0 Å². The van der Waals surface area contributed by atoms with E-state index in [1.165, 1.54) is 11.0 Å². The summed E-state index contributed by atoms with van der Waals surface area (Å²) in [4.78, 5) is 15.9. The number of ether oxygens (including phenoxy) is 1. The van der Waals surface area contributed by atoms with Crippen LogP contribution in [0.1, 0.15) is 24.3 Å². The lowest BCUT2D eigenvalue weighted by molar-refractivity contribution is 0.145. The number of carbonyl (C=O) groups excluding carboxylic acids is 1. The predicted molar refractivity (Wildman–Crippen MR) is 87.9 cm³/mol. The number of azide groups is 1. The topological polar surface area (TPSA) is 95.4 Å². The number of hydrogen-bond donors (Lipinski definition) is 0. The Kier molecular flexibility index (Phi) is 5.01. The molecule has 0 radical (unpaired) electrons. The zero-order valence-electron chi connectivity index (χ0n) is 12.9. The van der Waals surface area contributed by atoms with Gasteiger partial charge in [-0.2, -0.15) is 0 Å². The van der Waals surface area contributed by atoms with E-state index in [2.05, 4.69) is 10.0 Å². The Hall–Kier alpha value is -2.12. The fraction of sp³-hybridized carbons (Fsp3) is 0.533. The van der Waals surface area contributed by atoms with Crippen molar-refractivity contribution >= 4 is 22.6 Å². The molecular formula is C15H17FN4O3S. The monoisotopic (exact) mass is 352 g/mol. The van der Waals surface area contributed by atoms with Crippen LogP contribution in [0.4, 0.5) is 14.9 Å². The molecule has 2 fully saturated rings. The largest absolute Gasteiger partial charge is 0.444 e. The van der Waals surface area contributed by atoms with Crippen molar-refractivity contribution in [2.45, 2.75) is 24.9 Å². The summed E-state index contributed by atoms with van der Waals surface area (Å²) in [7, 11) is -0.786. The standard InChI is InChI=1S/C15H17FN4O3S/c16-14-7-11(20-9-12(8-18-19-17)23-15(20)21)1-2-13(14)10-3-5-24(22)6-4-10/h1-2,7,10,12H,3-6,8-9H2/t10?,12-,24?/m0/s1. The second kappa shape index (κ2) is 7.19. The fourth-order valence-corrected chi connectivity index (χ4v) is 4.37. The molecule has 2 aliphatic rings. The molecule has 1 aromatic rings. The first-order chi connectivity index (χ1) is 11.6. The lowest BCUT2D eigenvalue weighted by Gasteiger charge is -2.23. The molecule has 2 aliphatic heterocycles. The highest BCUT2D eigenvalue weighted by atomic mass is 32.2. The number of halogens is 1. The maximum absolute atomic E-state index is 14.5. The normalized spacial score (nSPS) is 26.8. The molecule has 128 valence electrons. The molecule has 0 N–H and O–H groups in total. The van der Waals surface area contributed by atoms with Gasteiger partial charge in [-0.05, 0) is 42.0 Å². The number of benzene rings is 1. The number of amides is 1. The molecule has 1 aromatic carbocycles. The molecular weight excluding hydrogens is 335 g/mol. The zero-order valence-corrected chi connectivity index (χ0v) is 13.7. The van der Waals surface area contributed by atoms with Crippen molar-refractivity contribution in [2.75, 3.05) is 29.5 Å². The third-order valence-electron chi connectivity index (χ3n) is 4.35. The molecule has 2 heterocycles. The van der Waals surface area contributed by atoms with E-state index in [0.29, 0.717) is 35.6 Å². The summed E-state index contributed by atoms with van der Waals surface area (Å²) in [6, 6.07) is 4.72. The maximum atomic E-state index is 14.5. The van der Waals surface area contributed by atoms with Crippen LogP contribution in [0.15, 0.2) is 23.3 Å². The third kappa shape index (κ3) is 3.52. The Morgan fingerprint density at radius 1 is 1.42 bits per heavy atom. The van der Waals surface area contributed by atoms with Gasteiger partial charge in [0.15, 0.2) is 0 Å². The van der Waals surface area contributed by atoms with Crippen molar-refractivity contribution in [3.63, 3.8) is 0 Å². The first kappa shape index (κ1) is 16.7. The maximum Gasteiger partial charge on any atom is 0.414 e. The molecule has 7 nitrogen and oxygen atoms in total. The molecule has 0 aromatic heterocycles. The summed E-state index contributed by atoms with van der Waals surface area (Å²) in [6.07, 6.45) is 0.323. The predicted octanol–water partition coefficient (Wildman–Crippen LogP) is 3.09. The van der Waals surface area contributed by atoms with Crippen molar-refractivity contribution in [1.29, 1.82) is 0 Å². The lowest BCUT2D eigenvalue weighted by Crippen LogP contribution is -2.25. The third-order valence-corrected chi connectivity index (χ3v) is 5.73. The number of cyclic esters (lactones) is 1. The SMILES string of the molecule is [N-]=[N+]=NC[C@H]1CN(c2ccc(C3CCS(=O)CC3)c(F)c2)C(=O)O1. The van der Waals surface area contributed by atoms with Crippen LogP contribution in [-0.2, 0) is 15.5 Å². The van der Waals surface area contributed by atoms with E-state index in [0.717, 1.165) is 0 Å². The van der Waals surface area contributed by atoms with Gasteiger partial charge in [0, 0.05) is 27.2 Å². The molecule has 1 atom stereocenters. The van der Waals surface area contributed by atoms with Crippen LogP contribution in [0.2, 0.25) is 0 Å². The van der Waals surface area contributed by atoms with E-state index in [-0.39, 0.29) is 24.8 Å². The van der Waals surface area contributed by atoms with Crippen LogP contribution in [0.5, 0.6) is 0 Å². The van der Waals surface area contributed by atoms with Crippen LogP contribution < -0.4 is 4.90 Å². The second-order valence-corrected chi connectivity index (χ2v) is 7.55. The van der Waals surface area contributed by atoms with Crippen molar-refractivity contribution < 1.29 is 18.1 Å². The number of rotatable bonds is 4. The number of anilines is 1. The van der Waals surface area contributed by atoms with Crippen LogP contribution >= 0.6 is 0 Å². The molecule has 0 unspecified atom stereocenters. The van der Waals surface area contributed by atoms with Gasteiger partial charge in [-0.1, -0.05) is 11.2 Å². The summed E-state index contributed by atoms with van der Waals surface area (Å²) in [5, 5.41) is 3.39. The van der Waals surface area contributed by atoms with Gasteiger partial charge in [0.05, 0.1) is 18.8 Å². The molecule has 9 heteroatoms. The number of carbonyl (C=O) groups is 1. The number of nitrogens with zero attached hydrogens (tertiary/aromatic N) is 4. The van der Waals surface area contributed by atoms with Gasteiger partial charge in [0.2, 0.25) is 0 Å². The van der Waals surface area contributed by atoms with Gasteiger partial charge in [-0.3, -0.25) is 9.11 Å². The lowest BCUT2D eigenvalue weighted by atomic mass is 9.93. The second-order valence-electron chi connectivity index (χ2n) is 5.86. The van der Waals surface area contributed by atoms with Gasteiger partial charge >= 0.3 is 6.09 Å². The summed E-state index contributed by atoms with van der Waals surface area (Å²) in [5.74, 6) is 0.910. The summed E-state index contributed by atoms with van der Waals surface area (Å²) >= 11 is 0. The molecule has 0 saturated carbocycles. The Morgan fingerprint density at radius 3 is 2.83 bits per heavy atom. The first-order valence-electron chi connectivity index (χ1n) is 7.72. The molecule has 0 bridgehead atoms. The van der Waals surface area contributed by atoms with E-state index in [9.17, 15) is 13.4 Å². The highest BCUT2D eigenvalue weighted by Gasteiger charge is 2.32. The highest BCUT2D eigenvalue weighted by molar-refractivity contribution is 7.85. The molecule has 1 amide bonds. The Labute approximate surface area is 140 Å². The van der Waals surface area contributed by atoms with Gasteiger partial charge in [-0.25, -0.2) is 9.18 Å². The van der Waals surface area contributed by atoms with E-state index in [1.54, 1.807) is 12.1 Å². The van der Waals surface area contributed by atoms with Gasteiger partial charge in [0.25, 0.3) is 0 Å². The van der Waals surface area contributed by atoms with Crippen LogP contribution in [0.25, 0.3) is 10.4 Å². The fourth-order valence-electron chi connectivity index (χ4n) is 3.07. The van der Waals surface area contributed by atoms with Crippen molar-refractivity contribution in [1.82, 2.24) is 0 Å². The molecule has 3 rings (SSSR count). The highest BCUT2D eigenvalue weighted by Crippen LogP contribution is 2.32. The van der Waals surface area contributed by atoms with Gasteiger partial charge < -0.3 is 4.74 Å². The smallest absolute Gasteiger partial charge is 0.414 e. The van der Waals surface area contributed by atoms with Gasteiger partial charge in [0.1, 0.15) is 11.9 Å². The Bertz CT molecular complexity index is 713. The molecule has 24 heavy (non-hydrogen) atoms. The molecule has 0 aliphatic carbocycles. The van der Waals surface area contributed by atoms with Crippen LogP contribution in [0, 0.1) is 5.82 Å². The van der Waals surface area contributed by atoms with Gasteiger partial charge in [-0.15, -0.1) is 0 Å². The summed E-state index contributed by atoms with van der Waals surface area (Å²) in [5.41, 5.74) is 9.34. The van der Waals surface area contributed by atoms with E-state index >= 15 is 0 Å². The van der Waals surface area contributed by atoms with Crippen molar-refractivity contribution in [3.05, 3.63) is 40.0 Å². The minimum atomic E-state index is -0.786. The quantitative estimate of drug-likeness (QED) is 0.473. The van der Waals surface area contributed by atoms with E-state index < -0.39 is 23.0 Å². The molecule has 0 spiro atoms. The average Bonchev–Trinajstić information content (AvgIpc) is 2.95. The average molecular weight is 352 g/mol. The van der Waals surface area contributed by atoms with Crippen molar-refractivity contribution in [2.24, 2.45) is 5.11 Å². The first-order valence-corrected chi connectivity index (χ1v) is 9.20.